The third-order valence-electron chi connectivity index (χ3n) is 4.97. The molecule has 0 unspecified atom stereocenters. The van der Waals surface area contributed by atoms with Gasteiger partial charge in [0.2, 0.25) is 5.88 Å². The second kappa shape index (κ2) is 7.43. The number of anilines is 2. The maximum absolute atomic E-state index is 13.2. The lowest BCUT2D eigenvalue weighted by Gasteiger charge is -2.26. The summed E-state index contributed by atoms with van der Waals surface area (Å²) in [5.41, 5.74) is -0.712. The van der Waals surface area contributed by atoms with Gasteiger partial charge in [-0.3, -0.25) is 19.1 Å². The zero-order valence-corrected chi connectivity index (χ0v) is 17.2. The van der Waals surface area contributed by atoms with Crippen molar-refractivity contribution in [2.45, 2.75) is 52.6 Å². The zero-order chi connectivity index (χ0) is 21.5. The van der Waals surface area contributed by atoms with E-state index >= 15 is 0 Å². The lowest BCUT2D eigenvalue weighted by atomic mass is 9.93. The van der Waals surface area contributed by atoms with Gasteiger partial charge in [-0.05, 0) is 24.7 Å². The third kappa shape index (κ3) is 3.85. The van der Waals surface area contributed by atoms with E-state index in [1.54, 1.807) is 12.3 Å². The Morgan fingerprint density at radius 3 is 2.63 bits per heavy atom. The topological polar surface area (TPSA) is 126 Å². The molecule has 0 bridgehead atoms. The van der Waals surface area contributed by atoms with E-state index in [4.69, 9.17) is 0 Å². The lowest BCUT2D eigenvalue weighted by Crippen LogP contribution is -2.43. The van der Waals surface area contributed by atoms with Crippen molar-refractivity contribution in [3.8, 4) is 5.88 Å². The molecule has 1 saturated carbocycles. The fraction of sp³-hybridized carbons (Fsp3) is 0.450. The molecule has 1 aliphatic rings. The molecule has 30 heavy (non-hydrogen) atoms. The molecule has 3 aromatic rings. The molecule has 158 valence electrons. The third-order valence-corrected chi connectivity index (χ3v) is 4.97. The van der Waals surface area contributed by atoms with Crippen LogP contribution in [0.4, 0.5) is 11.6 Å². The first kappa shape index (κ1) is 19.9. The molecule has 3 aromatic heterocycles. The van der Waals surface area contributed by atoms with Gasteiger partial charge in [0.15, 0.2) is 11.4 Å². The SMILES string of the molecule is CC(C)(C)Cn1c(=O)c(C(=O)NC2CCC2)c(O)n2nc(Nc3cnccn3)cc12. The molecule has 0 aromatic carbocycles. The van der Waals surface area contributed by atoms with E-state index in [2.05, 4.69) is 25.7 Å². The number of rotatable bonds is 5. The van der Waals surface area contributed by atoms with E-state index in [9.17, 15) is 14.7 Å². The van der Waals surface area contributed by atoms with E-state index in [1.165, 1.54) is 21.5 Å². The largest absolute Gasteiger partial charge is 0.492 e. The van der Waals surface area contributed by atoms with Gasteiger partial charge in [0.25, 0.3) is 11.5 Å². The first-order chi connectivity index (χ1) is 14.2. The number of amides is 1. The zero-order valence-electron chi connectivity index (χ0n) is 17.2. The summed E-state index contributed by atoms with van der Waals surface area (Å²) in [7, 11) is 0. The van der Waals surface area contributed by atoms with Gasteiger partial charge >= 0.3 is 0 Å². The number of nitrogens with one attached hydrogen (secondary N) is 2. The molecule has 1 amide bonds. The second-order valence-corrected chi connectivity index (χ2v) is 8.77. The Morgan fingerprint density at radius 2 is 2.03 bits per heavy atom. The minimum atomic E-state index is -0.578. The van der Waals surface area contributed by atoms with E-state index in [-0.39, 0.29) is 17.0 Å². The van der Waals surface area contributed by atoms with Crippen LogP contribution in [-0.2, 0) is 6.54 Å². The van der Waals surface area contributed by atoms with Crippen molar-refractivity contribution < 1.29 is 9.90 Å². The van der Waals surface area contributed by atoms with E-state index in [0.29, 0.717) is 23.8 Å². The molecule has 3 N–H and O–H groups in total. The van der Waals surface area contributed by atoms with Crippen LogP contribution >= 0.6 is 0 Å². The molecule has 10 nitrogen and oxygen atoms in total. The number of hydrogen-bond donors (Lipinski definition) is 3. The first-order valence-electron chi connectivity index (χ1n) is 9.92. The van der Waals surface area contributed by atoms with Crippen molar-refractivity contribution in [3.05, 3.63) is 40.6 Å². The lowest BCUT2D eigenvalue weighted by molar-refractivity contribution is 0.0910. The summed E-state index contributed by atoms with van der Waals surface area (Å²) < 4.78 is 2.69. The highest BCUT2D eigenvalue weighted by molar-refractivity contribution is 5.96. The Kier molecular flexibility index (Phi) is 4.92. The number of aromatic hydroxyl groups is 1. The number of carbonyl (C=O) groups is 1. The van der Waals surface area contributed by atoms with Crippen LogP contribution in [0.5, 0.6) is 5.88 Å². The number of hydrogen-bond acceptors (Lipinski definition) is 7. The maximum Gasteiger partial charge on any atom is 0.270 e. The normalized spacial score (nSPS) is 14.5. The van der Waals surface area contributed by atoms with Crippen molar-refractivity contribution in [2.75, 3.05) is 5.32 Å². The highest BCUT2D eigenvalue weighted by Gasteiger charge is 2.28. The molecule has 0 spiro atoms. The summed E-state index contributed by atoms with van der Waals surface area (Å²) in [6, 6.07) is 1.67. The van der Waals surface area contributed by atoms with Gasteiger partial charge in [-0.15, -0.1) is 5.10 Å². The van der Waals surface area contributed by atoms with Crippen LogP contribution in [0, 0.1) is 5.41 Å². The van der Waals surface area contributed by atoms with E-state index < -0.39 is 17.3 Å². The van der Waals surface area contributed by atoms with Crippen molar-refractivity contribution in [3.63, 3.8) is 0 Å². The smallest absolute Gasteiger partial charge is 0.270 e. The number of fused-ring (bicyclic) bond motifs is 1. The monoisotopic (exact) mass is 411 g/mol. The fourth-order valence-electron chi connectivity index (χ4n) is 3.35. The molecular weight excluding hydrogens is 386 g/mol. The average molecular weight is 411 g/mol. The van der Waals surface area contributed by atoms with E-state index in [0.717, 1.165) is 19.3 Å². The minimum absolute atomic E-state index is 0.0366. The predicted octanol–water partition coefficient (Wildman–Crippen LogP) is 2.06. The molecule has 0 radical (unpaired) electrons. The Morgan fingerprint density at radius 1 is 1.27 bits per heavy atom. The van der Waals surface area contributed by atoms with Gasteiger partial charge in [-0.25, -0.2) is 4.98 Å². The quantitative estimate of drug-likeness (QED) is 0.586. The Hall–Kier alpha value is -3.43. The van der Waals surface area contributed by atoms with Gasteiger partial charge in [0.1, 0.15) is 11.5 Å². The summed E-state index contributed by atoms with van der Waals surface area (Å²) >= 11 is 0. The Balaban J connectivity index is 1.83. The van der Waals surface area contributed by atoms with Gasteiger partial charge < -0.3 is 15.7 Å². The van der Waals surface area contributed by atoms with Crippen LogP contribution in [0.2, 0.25) is 0 Å². The Labute approximate surface area is 173 Å². The Bertz CT molecular complexity index is 1140. The van der Waals surface area contributed by atoms with Crippen LogP contribution in [0.1, 0.15) is 50.4 Å². The highest BCUT2D eigenvalue weighted by atomic mass is 16.3. The number of nitrogens with zero attached hydrogens (tertiary/aromatic N) is 5. The molecule has 0 saturated heterocycles. The van der Waals surface area contributed by atoms with Gasteiger partial charge in [-0.1, -0.05) is 20.8 Å². The van der Waals surface area contributed by atoms with Gasteiger partial charge in [0.05, 0.1) is 6.20 Å². The van der Waals surface area contributed by atoms with Crippen LogP contribution in [-0.4, -0.2) is 41.2 Å². The van der Waals surface area contributed by atoms with Gasteiger partial charge in [0, 0.05) is 31.0 Å². The van der Waals surface area contributed by atoms with Crippen LogP contribution < -0.4 is 16.2 Å². The summed E-state index contributed by atoms with van der Waals surface area (Å²) in [5, 5.41) is 20.9. The highest BCUT2D eigenvalue weighted by Crippen LogP contribution is 2.25. The van der Waals surface area contributed by atoms with Gasteiger partial charge in [-0.2, -0.15) is 4.52 Å². The first-order valence-corrected chi connectivity index (χ1v) is 9.92. The molecule has 10 heteroatoms. The van der Waals surface area contributed by atoms with Crippen molar-refractivity contribution in [1.29, 1.82) is 0 Å². The predicted molar refractivity (Wildman–Crippen MR) is 111 cm³/mol. The summed E-state index contributed by atoms with van der Waals surface area (Å²) in [6.07, 6.45) is 7.41. The summed E-state index contributed by atoms with van der Waals surface area (Å²) in [4.78, 5) is 34.2. The number of carbonyl (C=O) groups excluding carboxylic acids is 1. The molecule has 1 fully saturated rings. The summed E-state index contributed by atoms with van der Waals surface area (Å²) in [5.74, 6) is -0.229. The maximum atomic E-state index is 13.2. The van der Waals surface area contributed by atoms with Crippen molar-refractivity contribution in [1.82, 2.24) is 29.5 Å². The molecule has 3 heterocycles. The average Bonchev–Trinajstić information content (AvgIpc) is 3.06. The van der Waals surface area contributed by atoms with Crippen LogP contribution in [0.25, 0.3) is 5.65 Å². The van der Waals surface area contributed by atoms with Crippen LogP contribution in [0.3, 0.4) is 0 Å². The number of aromatic nitrogens is 5. The van der Waals surface area contributed by atoms with Crippen molar-refractivity contribution in [2.24, 2.45) is 5.41 Å². The molecular formula is C20H25N7O3. The molecule has 1 aliphatic carbocycles. The molecule has 4 rings (SSSR count). The standard InChI is InChI=1S/C20H25N7O3/c1-20(2,3)11-26-15-9-13(24-14-10-21-7-8-22-14)25-27(15)19(30)16(18(26)29)17(28)23-12-5-4-6-12/h7-10,12,30H,4-6,11H2,1-3H3,(H,23,28)(H,22,24,25). The molecule has 0 atom stereocenters. The molecule has 0 aliphatic heterocycles. The summed E-state index contributed by atoms with van der Waals surface area (Å²) in [6.45, 7) is 6.32. The van der Waals surface area contributed by atoms with Crippen LogP contribution in [0.15, 0.2) is 29.5 Å². The second-order valence-electron chi connectivity index (χ2n) is 8.77. The van der Waals surface area contributed by atoms with Crippen molar-refractivity contribution >= 4 is 23.2 Å². The fourth-order valence-corrected chi connectivity index (χ4v) is 3.35. The minimum Gasteiger partial charge on any atom is -0.492 e. The van der Waals surface area contributed by atoms with E-state index in [1.807, 2.05) is 20.8 Å².